The van der Waals surface area contributed by atoms with Crippen molar-refractivity contribution in [2.45, 2.75) is 58.3 Å². The molecule has 0 unspecified atom stereocenters. The van der Waals surface area contributed by atoms with Gasteiger partial charge in [0.05, 0.1) is 22.9 Å². The number of β-amino-alcohol motifs (C(OH)–C–C–N with tert-alkyl or cyclic N) is 1. The Morgan fingerprint density at radius 1 is 1.43 bits per heavy atom. The summed E-state index contributed by atoms with van der Waals surface area (Å²) in [6, 6.07) is 1.25. The van der Waals surface area contributed by atoms with Gasteiger partial charge in [-0.25, -0.2) is 14.4 Å². The molecule has 0 saturated carbocycles. The Morgan fingerprint density at radius 3 is 2.80 bits per heavy atom. The number of imidazole rings is 1. The second-order valence-corrected chi connectivity index (χ2v) is 9.67. The molecular weight excluding hydrogens is 477 g/mol. The molecule has 0 radical (unpaired) electrons. The standard InChI is InChI=1S/C24H29ClFN5O4/c1-12(2)35-20-15(24(4,34)23-29-13(3)19-21(27)28-7-9-31(19)23)10-16(25)18(26)17(20)22(33)30-8-5-6-14(32)11-30/h7,9-10,12,14,32,34H,5-6,8,11H2,1-4H3,(H2,27,28)/t14-,24-/m0/s1. The number of aliphatic hydroxyl groups is 2. The van der Waals surface area contributed by atoms with Crippen LogP contribution in [0, 0.1) is 12.7 Å². The predicted octanol–water partition coefficient (Wildman–Crippen LogP) is 3.05. The molecule has 1 aromatic carbocycles. The van der Waals surface area contributed by atoms with E-state index in [0.29, 0.717) is 30.6 Å². The fraction of sp³-hybridized carbons (Fsp3) is 0.458. The first kappa shape index (κ1) is 25.2. The minimum absolute atomic E-state index is 0.0635. The van der Waals surface area contributed by atoms with Gasteiger partial charge in [-0.15, -0.1) is 0 Å². The number of piperidine rings is 1. The number of rotatable bonds is 5. The lowest BCUT2D eigenvalue weighted by Gasteiger charge is -2.32. The van der Waals surface area contributed by atoms with Crippen molar-refractivity contribution in [3.63, 3.8) is 0 Å². The number of nitrogens with zero attached hydrogens (tertiary/aromatic N) is 4. The number of aryl methyl sites for hydroxylation is 1. The van der Waals surface area contributed by atoms with Gasteiger partial charge in [-0.1, -0.05) is 11.6 Å². The number of halogens is 2. The monoisotopic (exact) mass is 505 g/mol. The number of carbonyl (C=O) groups is 1. The molecule has 0 aliphatic carbocycles. The summed E-state index contributed by atoms with van der Waals surface area (Å²) in [5, 5.41) is 21.6. The van der Waals surface area contributed by atoms with Crippen LogP contribution in [-0.2, 0) is 5.60 Å². The van der Waals surface area contributed by atoms with E-state index in [0.717, 1.165) is 0 Å². The van der Waals surface area contributed by atoms with Crippen molar-refractivity contribution >= 4 is 28.8 Å². The zero-order valence-corrected chi connectivity index (χ0v) is 20.8. The maximum atomic E-state index is 15.4. The van der Waals surface area contributed by atoms with Crippen molar-refractivity contribution in [2.75, 3.05) is 18.8 Å². The summed E-state index contributed by atoms with van der Waals surface area (Å²) in [4.78, 5) is 23.5. The normalized spacial score (nSPS) is 18.2. The van der Waals surface area contributed by atoms with Crippen LogP contribution in [0.25, 0.3) is 5.52 Å². The highest BCUT2D eigenvalue weighted by atomic mass is 35.5. The van der Waals surface area contributed by atoms with Crippen molar-refractivity contribution in [1.82, 2.24) is 19.3 Å². The zero-order chi connectivity index (χ0) is 25.7. The number of aliphatic hydroxyl groups excluding tert-OH is 1. The van der Waals surface area contributed by atoms with E-state index < -0.39 is 35.1 Å². The third-order valence-corrected chi connectivity index (χ3v) is 6.42. The number of hydrogen-bond donors (Lipinski definition) is 3. The van der Waals surface area contributed by atoms with Crippen LogP contribution < -0.4 is 10.5 Å². The minimum Gasteiger partial charge on any atom is -0.490 e. The summed E-state index contributed by atoms with van der Waals surface area (Å²) in [5.41, 5.74) is 4.88. The Bertz CT molecular complexity index is 1290. The summed E-state index contributed by atoms with van der Waals surface area (Å²) in [6.07, 6.45) is 3.05. The number of likely N-dealkylation sites (tertiary alicyclic amines) is 1. The Kier molecular flexibility index (Phi) is 6.65. The average molecular weight is 506 g/mol. The number of anilines is 1. The Labute approximate surface area is 207 Å². The third-order valence-electron chi connectivity index (χ3n) is 6.14. The second-order valence-electron chi connectivity index (χ2n) is 9.26. The minimum atomic E-state index is -1.87. The molecule has 0 spiro atoms. The molecule has 2 aromatic heterocycles. The van der Waals surface area contributed by atoms with Gasteiger partial charge in [-0.3, -0.25) is 9.20 Å². The molecule has 1 amide bonds. The lowest BCUT2D eigenvalue weighted by molar-refractivity contribution is 0.0461. The molecule has 1 fully saturated rings. The number of ether oxygens (including phenoxy) is 1. The fourth-order valence-electron chi connectivity index (χ4n) is 4.52. The fourth-order valence-corrected chi connectivity index (χ4v) is 4.73. The SMILES string of the molecule is Cc1nc([C@@](C)(O)c2cc(Cl)c(F)c(C(=O)N3CCC[C@H](O)C3)c2OC(C)C)n2ccnc(N)c12. The maximum Gasteiger partial charge on any atom is 0.260 e. The van der Waals surface area contributed by atoms with Crippen molar-refractivity contribution in [1.29, 1.82) is 0 Å². The largest absolute Gasteiger partial charge is 0.490 e. The molecule has 188 valence electrons. The number of fused-ring (bicyclic) bond motifs is 1. The highest BCUT2D eigenvalue weighted by molar-refractivity contribution is 6.31. The van der Waals surface area contributed by atoms with Crippen LogP contribution in [0.4, 0.5) is 10.2 Å². The highest BCUT2D eigenvalue weighted by Crippen LogP contribution is 2.42. The first-order valence-electron chi connectivity index (χ1n) is 11.4. The summed E-state index contributed by atoms with van der Waals surface area (Å²) in [7, 11) is 0. The van der Waals surface area contributed by atoms with Crippen LogP contribution in [0.15, 0.2) is 18.5 Å². The predicted molar refractivity (Wildman–Crippen MR) is 129 cm³/mol. The molecule has 1 aliphatic heterocycles. The molecule has 11 heteroatoms. The number of nitrogens with two attached hydrogens (primary N) is 1. The first-order chi connectivity index (χ1) is 16.4. The second kappa shape index (κ2) is 9.25. The van der Waals surface area contributed by atoms with Crippen molar-refractivity contribution in [3.05, 3.63) is 51.9 Å². The molecule has 0 bridgehead atoms. The van der Waals surface area contributed by atoms with E-state index in [9.17, 15) is 15.0 Å². The Morgan fingerprint density at radius 2 is 2.14 bits per heavy atom. The van der Waals surface area contributed by atoms with Gasteiger partial charge in [0.25, 0.3) is 5.91 Å². The summed E-state index contributed by atoms with van der Waals surface area (Å²) < 4.78 is 23.0. The van der Waals surface area contributed by atoms with Gasteiger partial charge < -0.3 is 25.6 Å². The van der Waals surface area contributed by atoms with Gasteiger partial charge in [0.2, 0.25) is 0 Å². The maximum absolute atomic E-state index is 15.4. The number of benzene rings is 1. The van der Waals surface area contributed by atoms with E-state index in [-0.39, 0.29) is 34.5 Å². The van der Waals surface area contributed by atoms with E-state index in [4.69, 9.17) is 22.1 Å². The van der Waals surface area contributed by atoms with E-state index in [2.05, 4.69) is 9.97 Å². The molecule has 9 nitrogen and oxygen atoms in total. The van der Waals surface area contributed by atoms with E-state index in [1.807, 2.05) is 0 Å². The molecular formula is C24H29ClFN5O4. The number of hydrogen-bond acceptors (Lipinski definition) is 7. The van der Waals surface area contributed by atoms with E-state index in [1.54, 1.807) is 31.4 Å². The van der Waals surface area contributed by atoms with Gasteiger partial charge >= 0.3 is 0 Å². The van der Waals surface area contributed by atoms with Crippen LogP contribution in [0.1, 0.15) is 61.1 Å². The van der Waals surface area contributed by atoms with Crippen LogP contribution in [0.3, 0.4) is 0 Å². The van der Waals surface area contributed by atoms with Crippen molar-refractivity contribution < 1.29 is 24.1 Å². The highest BCUT2D eigenvalue weighted by Gasteiger charge is 2.40. The smallest absolute Gasteiger partial charge is 0.260 e. The number of carbonyl (C=O) groups excluding carboxylic acids is 1. The lowest BCUT2D eigenvalue weighted by Crippen LogP contribution is -2.43. The molecule has 2 atom stereocenters. The number of aromatic nitrogens is 3. The van der Waals surface area contributed by atoms with Gasteiger partial charge in [0, 0.05) is 31.0 Å². The van der Waals surface area contributed by atoms with Crippen molar-refractivity contribution in [2.24, 2.45) is 0 Å². The lowest BCUT2D eigenvalue weighted by atomic mass is 9.91. The summed E-state index contributed by atoms with van der Waals surface area (Å²) >= 11 is 6.26. The number of nitrogen functional groups attached to an aromatic ring is 1. The quantitative estimate of drug-likeness (QED) is 0.486. The summed E-state index contributed by atoms with van der Waals surface area (Å²) in [5.74, 6) is -1.36. The van der Waals surface area contributed by atoms with Gasteiger partial charge in [0.15, 0.2) is 5.82 Å². The Balaban J connectivity index is 1.95. The average Bonchev–Trinajstić information content (AvgIpc) is 3.14. The van der Waals surface area contributed by atoms with Crippen molar-refractivity contribution in [3.8, 4) is 5.75 Å². The molecule has 3 aromatic rings. The Hall–Kier alpha value is -2.95. The molecule has 35 heavy (non-hydrogen) atoms. The number of amides is 1. The topological polar surface area (TPSA) is 126 Å². The zero-order valence-electron chi connectivity index (χ0n) is 20.0. The van der Waals surface area contributed by atoms with E-state index >= 15 is 4.39 Å². The van der Waals surface area contributed by atoms with Crippen LogP contribution in [0.2, 0.25) is 5.02 Å². The van der Waals surface area contributed by atoms with Crippen LogP contribution in [0.5, 0.6) is 5.75 Å². The molecule has 1 saturated heterocycles. The summed E-state index contributed by atoms with van der Waals surface area (Å²) in [6.45, 7) is 7.07. The third kappa shape index (κ3) is 4.41. The van der Waals surface area contributed by atoms with Crippen LogP contribution in [-0.4, -0.2) is 60.7 Å². The van der Waals surface area contributed by atoms with Gasteiger partial charge in [-0.05, 0) is 46.6 Å². The van der Waals surface area contributed by atoms with Gasteiger partial charge in [0.1, 0.15) is 34.1 Å². The molecule has 1 aliphatic rings. The van der Waals surface area contributed by atoms with Crippen LogP contribution >= 0.6 is 11.6 Å². The molecule has 4 rings (SSSR count). The molecule has 3 heterocycles. The van der Waals surface area contributed by atoms with E-state index in [1.165, 1.54) is 24.1 Å². The van der Waals surface area contributed by atoms with Gasteiger partial charge in [-0.2, -0.15) is 0 Å². The molecule has 4 N–H and O–H groups in total. The first-order valence-corrected chi connectivity index (χ1v) is 11.8.